The number of amides is 2. The molecule has 0 spiro atoms. The molecule has 0 bridgehead atoms. The van der Waals surface area contributed by atoms with Gasteiger partial charge >= 0.3 is 5.97 Å². The zero-order chi connectivity index (χ0) is 40.8. The first-order valence-corrected chi connectivity index (χ1v) is 21.9. The summed E-state index contributed by atoms with van der Waals surface area (Å²) < 4.78 is 17.9. The van der Waals surface area contributed by atoms with Crippen molar-refractivity contribution < 1.29 is 32.8 Å². The van der Waals surface area contributed by atoms with Gasteiger partial charge in [-0.3, -0.25) is 19.4 Å². The third kappa shape index (κ3) is 14.1. The molecule has 1 saturated heterocycles. The lowest BCUT2D eigenvalue weighted by molar-refractivity contribution is -0.154. The first kappa shape index (κ1) is 45.7. The molecule has 1 heterocycles. The van der Waals surface area contributed by atoms with E-state index in [-0.39, 0.29) is 47.5 Å². The highest BCUT2D eigenvalue weighted by Gasteiger charge is 2.35. The van der Waals surface area contributed by atoms with Crippen molar-refractivity contribution in [2.24, 2.45) is 11.8 Å². The van der Waals surface area contributed by atoms with Crippen LogP contribution >= 0.6 is 10.3 Å². The van der Waals surface area contributed by atoms with Crippen molar-refractivity contribution in [1.82, 2.24) is 21.1 Å². The maximum absolute atomic E-state index is 14.2. The minimum Gasteiger partial charge on any atom is -0.460 e. The minimum absolute atomic E-state index is 0.000574. The molecule has 3 rings (SSSR count). The Morgan fingerprint density at radius 3 is 2.42 bits per heavy atom. The Balaban J connectivity index is 1.68. The summed E-state index contributed by atoms with van der Waals surface area (Å²) in [6.45, 7) is 15.2. The van der Waals surface area contributed by atoms with Crippen molar-refractivity contribution in [1.29, 1.82) is 0 Å². The van der Waals surface area contributed by atoms with E-state index in [2.05, 4.69) is 55.4 Å². The van der Waals surface area contributed by atoms with Crippen LogP contribution in [0.4, 0.5) is 0 Å². The third-order valence-corrected chi connectivity index (χ3v) is 13.7. The number of esters is 1. The van der Waals surface area contributed by atoms with Crippen molar-refractivity contribution >= 4 is 40.5 Å². The molecule has 1 fully saturated rings. The predicted octanol–water partition coefficient (Wildman–Crippen LogP) is 6.39. The number of hydrogen-bond donors (Lipinski definition) is 3. The van der Waals surface area contributed by atoms with Gasteiger partial charge in [0.2, 0.25) is 5.91 Å². The van der Waals surface area contributed by atoms with E-state index in [0.29, 0.717) is 26.0 Å². The molecule has 5 unspecified atom stereocenters. The molecule has 1 aliphatic heterocycles. The highest BCUT2D eigenvalue weighted by Crippen LogP contribution is 2.53. The average Bonchev–Trinajstić information content (AvgIpc) is 3.14. The number of aldehydes is 1. The Labute approximate surface area is 331 Å². The fourth-order valence-electron chi connectivity index (χ4n) is 6.18. The molecule has 1 aliphatic rings. The smallest absolute Gasteiger partial charge is 0.325 e. The Morgan fingerprint density at radius 1 is 1.05 bits per heavy atom. The van der Waals surface area contributed by atoms with E-state index in [4.69, 9.17) is 13.7 Å². The van der Waals surface area contributed by atoms with E-state index in [1.165, 1.54) is 5.01 Å². The van der Waals surface area contributed by atoms with Gasteiger partial charge in [0.15, 0.2) is 0 Å². The summed E-state index contributed by atoms with van der Waals surface area (Å²) in [5.74, 6) is -0.488. The van der Waals surface area contributed by atoms with Gasteiger partial charge in [0.05, 0.1) is 12.1 Å². The SMILES string of the molecule is CCOC(CC/C=C/c1cccc(COC(=O)C2CCCN(C(=O)C(Cc3cccc(OS(C)(C)C(C)(C)C)c3)NC(=O)C(NC)C(C)C)N2)c1)C(C)C=O. The monoisotopic (exact) mass is 782 g/mol. The molecule has 55 heavy (non-hydrogen) atoms. The highest BCUT2D eigenvalue weighted by atomic mass is 32.3. The van der Waals surface area contributed by atoms with Gasteiger partial charge in [0.25, 0.3) is 5.91 Å². The largest absolute Gasteiger partial charge is 0.460 e. The molecule has 11 nitrogen and oxygen atoms in total. The van der Waals surface area contributed by atoms with Gasteiger partial charge in [0.1, 0.15) is 30.7 Å². The maximum atomic E-state index is 14.2. The van der Waals surface area contributed by atoms with Crippen LogP contribution in [0.15, 0.2) is 54.6 Å². The van der Waals surface area contributed by atoms with Crippen LogP contribution in [0.2, 0.25) is 0 Å². The molecule has 0 saturated carbocycles. The number of rotatable bonds is 20. The molecule has 2 amide bonds. The number of nitrogens with zero attached hydrogens (tertiary/aromatic N) is 1. The van der Waals surface area contributed by atoms with E-state index < -0.39 is 34.4 Å². The van der Waals surface area contributed by atoms with Crippen molar-refractivity contribution in [3.63, 3.8) is 0 Å². The summed E-state index contributed by atoms with van der Waals surface area (Å²) in [5, 5.41) is 7.53. The van der Waals surface area contributed by atoms with Gasteiger partial charge in [0, 0.05) is 30.2 Å². The summed E-state index contributed by atoms with van der Waals surface area (Å²) >= 11 is 0. The molecular formula is C43H66N4O7S. The zero-order valence-corrected chi connectivity index (χ0v) is 35.5. The van der Waals surface area contributed by atoms with Crippen LogP contribution < -0.4 is 20.2 Å². The van der Waals surface area contributed by atoms with Crippen LogP contribution in [0.1, 0.15) is 90.8 Å². The molecule has 3 N–H and O–H groups in total. The number of allylic oxidation sites excluding steroid dienone is 1. The lowest BCUT2D eigenvalue weighted by atomic mass is 10.0. The van der Waals surface area contributed by atoms with Crippen LogP contribution in [0.3, 0.4) is 0 Å². The molecule has 0 radical (unpaired) electrons. The standard InChI is InChI=1S/C43H66N4O7S/c1-11-52-38(31(4)28-48)23-13-12-17-32-18-14-20-34(25-32)29-53-42(51)36-22-16-24-47(46-36)41(50)37(45-40(49)39(44-8)30(2)3)27-33-19-15-21-35(26-33)54-55(9,10)43(5,6)7/h12,14-15,17-21,25-26,28,30-31,36-39,44,46H,11,13,16,22-24,27,29H2,1-10H3,(H,45,49)/b17-12+. The Kier molecular flexibility index (Phi) is 17.9. The number of likely N-dealkylation sites (N-methyl/N-ethyl adjacent to an activating group) is 1. The second-order valence-corrected chi connectivity index (χ2v) is 19.8. The molecule has 0 aromatic heterocycles. The lowest BCUT2D eigenvalue weighted by Crippen LogP contribution is -2.61. The number of benzene rings is 2. The Hall–Kier alpha value is -3.71. The number of carbonyl (C=O) groups is 4. The Bertz CT molecular complexity index is 1590. The Morgan fingerprint density at radius 2 is 1.76 bits per heavy atom. The van der Waals surface area contributed by atoms with Crippen LogP contribution in [-0.4, -0.2) is 90.8 Å². The van der Waals surface area contributed by atoms with Gasteiger partial charge in [-0.1, -0.05) is 73.6 Å². The van der Waals surface area contributed by atoms with Crippen LogP contribution in [0, 0.1) is 11.8 Å². The fourth-order valence-corrected chi connectivity index (χ4v) is 7.01. The number of ether oxygens (including phenoxy) is 2. The van der Waals surface area contributed by atoms with Crippen molar-refractivity contribution in [3.05, 3.63) is 71.3 Å². The number of hydrazine groups is 1. The van der Waals surface area contributed by atoms with E-state index in [9.17, 15) is 19.2 Å². The van der Waals surface area contributed by atoms with E-state index in [0.717, 1.165) is 41.6 Å². The molecular weight excluding hydrogens is 717 g/mol. The van der Waals surface area contributed by atoms with Crippen molar-refractivity contribution in [2.45, 2.75) is 116 Å². The molecule has 0 aliphatic carbocycles. The quantitative estimate of drug-likeness (QED) is 0.103. The third-order valence-electron chi connectivity index (χ3n) is 10.2. The van der Waals surface area contributed by atoms with Gasteiger partial charge in [-0.2, -0.15) is 0 Å². The molecule has 12 heteroatoms. The first-order chi connectivity index (χ1) is 26.0. The minimum atomic E-state index is -1.45. The summed E-state index contributed by atoms with van der Waals surface area (Å²) in [5.41, 5.74) is 5.76. The van der Waals surface area contributed by atoms with Crippen molar-refractivity contribution in [2.75, 3.05) is 32.7 Å². The van der Waals surface area contributed by atoms with E-state index in [1.807, 2.05) is 82.3 Å². The first-order valence-electron chi connectivity index (χ1n) is 19.5. The summed E-state index contributed by atoms with van der Waals surface area (Å²) in [6, 6.07) is 13.4. The maximum Gasteiger partial charge on any atom is 0.325 e. The molecule has 5 atom stereocenters. The lowest BCUT2D eigenvalue weighted by Gasteiger charge is -2.43. The average molecular weight is 783 g/mol. The molecule has 306 valence electrons. The summed E-state index contributed by atoms with van der Waals surface area (Å²) in [6.07, 6.45) is 12.0. The van der Waals surface area contributed by atoms with Crippen LogP contribution in [0.25, 0.3) is 6.08 Å². The highest BCUT2D eigenvalue weighted by molar-refractivity contribution is 8.30. The second-order valence-electron chi connectivity index (χ2n) is 16.0. The zero-order valence-electron chi connectivity index (χ0n) is 34.7. The summed E-state index contributed by atoms with van der Waals surface area (Å²) in [7, 11) is 0.284. The summed E-state index contributed by atoms with van der Waals surface area (Å²) in [4.78, 5) is 52.2. The predicted molar refractivity (Wildman–Crippen MR) is 223 cm³/mol. The number of carbonyl (C=O) groups excluding carboxylic acids is 4. The van der Waals surface area contributed by atoms with Gasteiger partial charge < -0.3 is 29.1 Å². The molecule has 2 aromatic carbocycles. The topological polar surface area (TPSA) is 135 Å². The van der Waals surface area contributed by atoms with E-state index >= 15 is 0 Å². The fraction of sp³-hybridized carbons (Fsp3) is 0.581. The van der Waals surface area contributed by atoms with E-state index in [1.54, 1.807) is 7.05 Å². The molecule has 2 aromatic rings. The van der Waals surface area contributed by atoms with Gasteiger partial charge in [-0.05, 0) is 114 Å². The van der Waals surface area contributed by atoms with Crippen molar-refractivity contribution in [3.8, 4) is 5.75 Å². The van der Waals surface area contributed by atoms with Gasteiger partial charge in [-0.15, -0.1) is 0 Å². The normalized spacial score (nSPS) is 17.7. The second kappa shape index (κ2) is 21.6. The van der Waals surface area contributed by atoms with Crippen LogP contribution in [0.5, 0.6) is 5.75 Å². The number of nitrogens with one attached hydrogen (secondary N) is 3. The van der Waals surface area contributed by atoms with Crippen LogP contribution in [-0.2, 0) is 41.7 Å². The number of hydrogen-bond acceptors (Lipinski definition) is 9. The van der Waals surface area contributed by atoms with Gasteiger partial charge in [-0.25, -0.2) is 5.43 Å².